The molecule has 0 radical (unpaired) electrons. The Hall–Kier alpha value is -1.48. The van der Waals surface area contributed by atoms with Crippen LogP contribution in [0.25, 0.3) is 10.9 Å². The van der Waals surface area contributed by atoms with Crippen LogP contribution in [0, 0.1) is 0 Å². The number of para-hydroxylation sites is 1. The molecule has 3 nitrogen and oxygen atoms in total. The maximum atomic E-state index is 9.50. The Morgan fingerprint density at radius 3 is 2.67 bits per heavy atom. The average Bonchev–Trinajstić information content (AvgIpc) is 2.44. The zero-order chi connectivity index (χ0) is 8.55. The predicted molar refractivity (Wildman–Crippen MR) is 45.9 cm³/mol. The number of benzene rings is 1. The molecule has 0 aliphatic heterocycles. The first-order valence-electron chi connectivity index (χ1n) is 3.72. The summed E-state index contributed by atoms with van der Waals surface area (Å²) in [7, 11) is 0. The molecule has 3 heteroatoms. The predicted octanol–water partition coefficient (Wildman–Crippen LogP) is 1.37. The Morgan fingerprint density at radius 2 is 2.00 bits per heavy atom. The standard InChI is InChI=1S/C9H9NO2/c11-5-8-9(12)6-3-1-2-4-7(6)10-8/h1-4,10-12H,5H2. The summed E-state index contributed by atoms with van der Waals surface area (Å²) in [5.41, 5.74) is 1.32. The van der Waals surface area contributed by atoms with Crippen molar-refractivity contribution >= 4 is 10.9 Å². The van der Waals surface area contributed by atoms with Crippen molar-refractivity contribution in [2.24, 2.45) is 0 Å². The second-order valence-corrected chi connectivity index (χ2v) is 2.66. The van der Waals surface area contributed by atoms with Crippen LogP contribution in [0.2, 0.25) is 0 Å². The summed E-state index contributed by atoms with van der Waals surface area (Å²) in [6, 6.07) is 7.38. The van der Waals surface area contributed by atoms with Crippen LogP contribution < -0.4 is 0 Å². The molecule has 0 aliphatic carbocycles. The average molecular weight is 163 g/mol. The highest BCUT2D eigenvalue weighted by Crippen LogP contribution is 2.27. The van der Waals surface area contributed by atoms with E-state index in [-0.39, 0.29) is 12.4 Å². The molecular formula is C9H9NO2. The minimum atomic E-state index is -0.166. The van der Waals surface area contributed by atoms with Crippen LogP contribution >= 0.6 is 0 Å². The molecule has 0 atom stereocenters. The molecule has 3 N–H and O–H groups in total. The number of fused-ring (bicyclic) bond motifs is 1. The van der Waals surface area contributed by atoms with Gasteiger partial charge in [-0.05, 0) is 12.1 Å². The first-order valence-corrected chi connectivity index (χ1v) is 3.72. The third-order valence-electron chi connectivity index (χ3n) is 1.91. The van der Waals surface area contributed by atoms with Crippen LogP contribution in [-0.4, -0.2) is 15.2 Å². The van der Waals surface area contributed by atoms with Gasteiger partial charge in [0.1, 0.15) is 5.75 Å². The topological polar surface area (TPSA) is 56.2 Å². The maximum Gasteiger partial charge on any atom is 0.146 e. The number of aromatic nitrogens is 1. The summed E-state index contributed by atoms with van der Waals surface area (Å²) in [5.74, 6) is 0.146. The molecule has 0 amide bonds. The van der Waals surface area contributed by atoms with Gasteiger partial charge in [0, 0.05) is 10.9 Å². The van der Waals surface area contributed by atoms with Crippen LogP contribution in [0.1, 0.15) is 5.69 Å². The van der Waals surface area contributed by atoms with E-state index < -0.39 is 0 Å². The van der Waals surface area contributed by atoms with Crippen molar-refractivity contribution in [3.8, 4) is 5.75 Å². The fourth-order valence-electron chi connectivity index (χ4n) is 1.30. The number of rotatable bonds is 1. The Kier molecular flexibility index (Phi) is 1.52. The highest BCUT2D eigenvalue weighted by molar-refractivity contribution is 5.87. The summed E-state index contributed by atoms with van der Waals surface area (Å²) in [6.07, 6.45) is 0. The molecule has 1 heterocycles. The lowest BCUT2D eigenvalue weighted by atomic mass is 10.2. The highest BCUT2D eigenvalue weighted by Gasteiger charge is 2.07. The molecule has 0 unspecified atom stereocenters. The number of aromatic amines is 1. The van der Waals surface area contributed by atoms with Gasteiger partial charge in [0.15, 0.2) is 0 Å². The molecule has 62 valence electrons. The minimum absolute atomic E-state index is 0.146. The highest BCUT2D eigenvalue weighted by atomic mass is 16.3. The van der Waals surface area contributed by atoms with Crippen molar-refractivity contribution in [3.05, 3.63) is 30.0 Å². The van der Waals surface area contributed by atoms with E-state index in [0.717, 1.165) is 10.9 Å². The Balaban J connectivity index is 2.78. The normalized spacial score (nSPS) is 10.8. The van der Waals surface area contributed by atoms with Gasteiger partial charge in [-0.25, -0.2) is 0 Å². The van der Waals surface area contributed by atoms with E-state index in [2.05, 4.69) is 4.98 Å². The van der Waals surface area contributed by atoms with E-state index in [4.69, 9.17) is 5.11 Å². The summed E-state index contributed by atoms with van der Waals surface area (Å²) in [6.45, 7) is -0.166. The molecule has 0 spiro atoms. The van der Waals surface area contributed by atoms with Crippen LogP contribution in [0.4, 0.5) is 0 Å². The first kappa shape index (κ1) is 7.18. The van der Waals surface area contributed by atoms with Crippen molar-refractivity contribution in [1.29, 1.82) is 0 Å². The van der Waals surface area contributed by atoms with E-state index in [1.54, 1.807) is 6.07 Å². The van der Waals surface area contributed by atoms with Crippen LogP contribution in [0.3, 0.4) is 0 Å². The molecule has 0 aliphatic rings. The second-order valence-electron chi connectivity index (χ2n) is 2.66. The van der Waals surface area contributed by atoms with E-state index in [1.165, 1.54) is 0 Å². The van der Waals surface area contributed by atoms with Gasteiger partial charge in [0.2, 0.25) is 0 Å². The SMILES string of the molecule is OCc1[nH]c2ccccc2c1O. The smallest absolute Gasteiger partial charge is 0.146 e. The number of aliphatic hydroxyl groups excluding tert-OH is 1. The minimum Gasteiger partial charge on any atom is -0.505 e. The molecular weight excluding hydrogens is 154 g/mol. The number of H-pyrrole nitrogens is 1. The molecule has 0 saturated carbocycles. The van der Waals surface area contributed by atoms with Crippen molar-refractivity contribution in [2.75, 3.05) is 0 Å². The summed E-state index contributed by atoms with van der Waals surface area (Å²) >= 11 is 0. The van der Waals surface area contributed by atoms with Gasteiger partial charge in [-0.2, -0.15) is 0 Å². The van der Waals surface area contributed by atoms with Crippen LogP contribution in [0.5, 0.6) is 5.75 Å². The molecule has 0 bridgehead atoms. The van der Waals surface area contributed by atoms with Gasteiger partial charge in [0.25, 0.3) is 0 Å². The van der Waals surface area contributed by atoms with Crippen LogP contribution in [0.15, 0.2) is 24.3 Å². The third-order valence-corrected chi connectivity index (χ3v) is 1.91. The number of nitrogens with one attached hydrogen (secondary N) is 1. The van der Waals surface area contributed by atoms with Gasteiger partial charge in [-0.3, -0.25) is 0 Å². The molecule has 0 saturated heterocycles. The summed E-state index contributed by atoms with van der Waals surface area (Å²) in [4.78, 5) is 2.91. The Bertz CT molecular complexity index is 406. The fourth-order valence-corrected chi connectivity index (χ4v) is 1.30. The molecule has 2 aromatic rings. The molecule has 1 aromatic carbocycles. The quantitative estimate of drug-likeness (QED) is 0.594. The van der Waals surface area contributed by atoms with Crippen molar-refractivity contribution in [1.82, 2.24) is 4.98 Å². The second kappa shape index (κ2) is 2.53. The van der Waals surface area contributed by atoms with Gasteiger partial charge < -0.3 is 15.2 Å². The summed E-state index contributed by atoms with van der Waals surface area (Å²) < 4.78 is 0. The largest absolute Gasteiger partial charge is 0.505 e. The lowest BCUT2D eigenvalue weighted by molar-refractivity contribution is 0.272. The monoisotopic (exact) mass is 163 g/mol. The van der Waals surface area contributed by atoms with E-state index in [0.29, 0.717) is 5.69 Å². The van der Waals surface area contributed by atoms with Gasteiger partial charge >= 0.3 is 0 Å². The Labute approximate surface area is 69.3 Å². The summed E-state index contributed by atoms with van der Waals surface area (Å²) in [5, 5.41) is 19.1. The zero-order valence-electron chi connectivity index (χ0n) is 6.41. The lowest BCUT2D eigenvalue weighted by Gasteiger charge is -1.89. The van der Waals surface area contributed by atoms with E-state index >= 15 is 0 Å². The van der Waals surface area contributed by atoms with Gasteiger partial charge in [-0.15, -0.1) is 0 Å². The van der Waals surface area contributed by atoms with E-state index in [1.807, 2.05) is 18.2 Å². The lowest BCUT2D eigenvalue weighted by Crippen LogP contribution is -1.80. The van der Waals surface area contributed by atoms with Gasteiger partial charge in [-0.1, -0.05) is 12.1 Å². The van der Waals surface area contributed by atoms with Crippen molar-refractivity contribution < 1.29 is 10.2 Å². The molecule has 1 aromatic heterocycles. The van der Waals surface area contributed by atoms with Crippen LogP contribution in [-0.2, 0) is 6.61 Å². The Morgan fingerprint density at radius 1 is 1.25 bits per heavy atom. The fraction of sp³-hybridized carbons (Fsp3) is 0.111. The number of aromatic hydroxyl groups is 1. The molecule has 0 fully saturated rings. The van der Waals surface area contributed by atoms with Crippen molar-refractivity contribution in [2.45, 2.75) is 6.61 Å². The number of aliphatic hydroxyl groups is 1. The molecule has 2 rings (SSSR count). The zero-order valence-corrected chi connectivity index (χ0v) is 6.41. The van der Waals surface area contributed by atoms with Crippen molar-refractivity contribution in [3.63, 3.8) is 0 Å². The third kappa shape index (κ3) is 0.871. The van der Waals surface area contributed by atoms with E-state index in [9.17, 15) is 5.11 Å². The number of hydrogen-bond donors (Lipinski definition) is 3. The molecule has 12 heavy (non-hydrogen) atoms. The first-order chi connectivity index (χ1) is 5.83. The maximum absolute atomic E-state index is 9.50. The van der Waals surface area contributed by atoms with Gasteiger partial charge in [0.05, 0.1) is 12.3 Å². The number of hydrogen-bond acceptors (Lipinski definition) is 2.